The van der Waals surface area contributed by atoms with E-state index in [9.17, 15) is 4.79 Å². The van der Waals surface area contributed by atoms with Gasteiger partial charge in [-0.15, -0.1) is 0 Å². The summed E-state index contributed by atoms with van der Waals surface area (Å²) in [4.78, 5) is 22.5. The third kappa shape index (κ3) is 6.16. The van der Waals surface area contributed by atoms with Gasteiger partial charge < -0.3 is 9.80 Å². The molecule has 3 aromatic rings. The summed E-state index contributed by atoms with van der Waals surface area (Å²) in [6.07, 6.45) is 1.31. The maximum Gasteiger partial charge on any atom is 0.160 e. The molecule has 1 saturated heterocycles. The van der Waals surface area contributed by atoms with Gasteiger partial charge in [-0.25, -0.2) is 0 Å². The highest BCUT2D eigenvalue weighted by Gasteiger charge is 2.41. The van der Waals surface area contributed by atoms with E-state index < -0.39 is 5.41 Å². The van der Waals surface area contributed by atoms with Gasteiger partial charge in [-0.1, -0.05) is 110 Å². The van der Waals surface area contributed by atoms with Gasteiger partial charge >= 0.3 is 0 Å². The SMILES string of the molecule is CCC(=O)C(CC(C)N(C)C)(c1ccccc1)c1ccccc1.c1ccc([C@H]2CN3CCSC3=N2)cc1. The lowest BCUT2D eigenvalue weighted by Crippen LogP contribution is -2.42. The highest BCUT2D eigenvalue weighted by atomic mass is 32.2. The minimum Gasteiger partial charge on any atom is -0.348 e. The van der Waals surface area contributed by atoms with Crippen LogP contribution in [0.3, 0.4) is 0 Å². The molecule has 0 N–H and O–H groups in total. The molecule has 5 heteroatoms. The first-order chi connectivity index (χ1) is 18.0. The number of carbonyl (C=O) groups excluding carboxylic acids is 1. The molecule has 0 bridgehead atoms. The molecule has 4 nitrogen and oxygen atoms in total. The second-order valence-corrected chi connectivity index (χ2v) is 11.1. The third-order valence-electron chi connectivity index (χ3n) is 7.52. The van der Waals surface area contributed by atoms with E-state index in [1.165, 1.54) is 23.0 Å². The van der Waals surface area contributed by atoms with E-state index >= 15 is 0 Å². The fourth-order valence-electron chi connectivity index (χ4n) is 5.17. The molecule has 0 saturated carbocycles. The maximum atomic E-state index is 13.2. The predicted molar refractivity (Wildman–Crippen MR) is 157 cm³/mol. The second kappa shape index (κ2) is 12.6. The normalized spacial score (nSPS) is 17.6. The molecule has 1 fully saturated rings. The van der Waals surface area contributed by atoms with Crippen LogP contribution >= 0.6 is 11.8 Å². The van der Waals surface area contributed by atoms with Gasteiger partial charge in [-0.3, -0.25) is 9.79 Å². The fourth-order valence-corrected chi connectivity index (χ4v) is 6.22. The van der Waals surface area contributed by atoms with Crippen LogP contribution in [0.25, 0.3) is 0 Å². The van der Waals surface area contributed by atoms with E-state index in [-0.39, 0.29) is 5.78 Å². The molecule has 0 amide bonds. The zero-order chi connectivity index (χ0) is 26.3. The van der Waals surface area contributed by atoms with Crippen molar-refractivity contribution in [2.45, 2.75) is 44.2 Å². The number of Topliss-reactive ketones (excluding diaryl/α,β-unsaturated/α-hetero) is 1. The first kappa shape index (κ1) is 27.2. The van der Waals surface area contributed by atoms with Crippen molar-refractivity contribution in [2.24, 2.45) is 4.99 Å². The molecule has 0 aliphatic carbocycles. The first-order valence-electron chi connectivity index (χ1n) is 13.3. The van der Waals surface area contributed by atoms with Crippen LogP contribution in [0.5, 0.6) is 0 Å². The zero-order valence-electron chi connectivity index (χ0n) is 22.5. The number of rotatable bonds is 8. The third-order valence-corrected chi connectivity index (χ3v) is 8.53. The van der Waals surface area contributed by atoms with Crippen LogP contribution in [-0.2, 0) is 10.2 Å². The quantitative estimate of drug-likeness (QED) is 0.347. The summed E-state index contributed by atoms with van der Waals surface area (Å²) >= 11 is 1.89. The van der Waals surface area contributed by atoms with Crippen LogP contribution in [-0.4, -0.2) is 59.7 Å². The number of aliphatic imine (C=N–C) groups is 1. The highest BCUT2D eigenvalue weighted by Crippen LogP contribution is 2.39. The van der Waals surface area contributed by atoms with E-state index in [0.29, 0.717) is 18.5 Å². The van der Waals surface area contributed by atoms with Gasteiger partial charge in [0.05, 0.1) is 11.5 Å². The topological polar surface area (TPSA) is 35.9 Å². The standard InChI is InChI=1S/C21H27NO.C11H12N2S/c1-5-20(23)21(16-17(2)22(3)4,18-12-8-6-9-13-18)19-14-10-7-11-15-19;1-2-4-9(5-3-1)10-8-13-6-7-14-11(13)12-10/h6-15,17H,5,16H2,1-4H3;1-5,10H,6-8H2/t;10-/m.1/s1. The lowest BCUT2D eigenvalue weighted by molar-refractivity contribution is -0.123. The van der Waals surface area contributed by atoms with E-state index in [4.69, 9.17) is 4.99 Å². The van der Waals surface area contributed by atoms with Crippen molar-refractivity contribution in [3.8, 4) is 0 Å². The molecule has 2 aliphatic rings. The summed E-state index contributed by atoms with van der Waals surface area (Å²) in [7, 11) is 4.14. The highest BCUT2D eigenvalue weighted by molar-refractivity contribution is 8.14. The van der Waals surface area contributed by atoms with E-state index in [2.05, 4.69) is 85.4 Å². The molecule has 0 aromatic heterocycles. The Hall–Kier alpha value is -2.89. The lowest BCUT2D eigenvalue weighted by Gasteiger charge is -2.37. The summed E-state index contributed by atoms with van der Waals surface area (Å²) in [5, 5.41) is 1.25. The lowest BCUT2D eigenvalue weighted by atomic mass is 9.67. The summed E-state index contributed by atoms with van der Waals surface area (Å²) in [5.41, 5.74) is 2.94. The number of thioether (sulfide) groups is 1. The number of nitrogens with zero attached hydrogens (tertiary/aromatic N) is 3. The summed E-state index contributed by atoms with van der Waals surface area (Å²) < 4.78 is 0. The van der Waals surface area contributed by atoms with Crippen LogP contribution in [0.2, 0.25) is 0 Å². The van der Waals surface area contributed by atoms with Crippen LogP contribution in [0.15, 0.2) is 96.0 Å². The zero-order valence-corrected chi connectivity index (χ0v) is 23.3. The van der Waals surface area contributed by atoms with Gasteiger partial charge in [0.25, 0.3) is 0 Å². The number of hydrogen-bond acceptors (Lipinski definition) is 5. The van der Waals surface area contributed by atoms with E-state index in [0.717, 1.165) is 24.1 Å². The van der Waals surface area contributed by atoms with Crippen molar-refractivity contribution < 1.29 is 4.79 Å². The minimum atomic E-state index is -0.582. The molecular weight excluding hydrogens is 474 g/mol. The molecule has 2 atom stereocenters. The van der Waals surface area contributed by atoms with Gasteiger partial charge in [0.2, 0.25) is 0 Å². The van der Waals surface area contributed by atoms with Crippen LogP contribution in [0, 0.1) is 0 Å². The minimum absolute atomic E-state index is 0.281. The van der Waals surface area contributed by atoms with Crippen LogP contribution in [0.1, 0.15) is 49.4 Å². The van der Waals surface area contributed by atoms with Crippen molar-refractivity contribution in [3.05, 3.63) is 108 Å². The average Bonchev–Trinajstić information content (AvgIpc) is 3.56. The average molecular weight is 514 g/mol. The van der Waals surface area contributed by atoms with Crippen molar-refractivity contribution in [3.63, 3.8) is 0 Å². The summed E-state index contributed by atoms with van der Waals surface area (Å²) in [6, 6.07) is 31.7. The maximum absolute atomic E-state index is 13.2. The predicted octanol–water partition coefficient (Wildman–Crippen LogP) is 6.44. The Labute approximate surface area is 226 Å². The molecule has 37 heavy (non-hydrogen) atoms. The van der Waals surface area contributed by atoms with Crippen molar-refractivity contribution in [1.29, 1.82) is 0 Å². The molecule has 2 aliphatic heterocycles. The Kier molecular flexibility index (Phi) is 9.23. The van der Waals surface area contributed by atoms with Crippen LogP contribution < -0.4 is 0 Å². The Morgan fingerprint density at radius 1 is 0.973 bits per heavy atom. The van der Waals surface area contributed by atoms with Gasteiger partial charge in [0.1, 0.15) is 5.78 Å². The number of amidine groups is 1. The molecule has 1 unspecified atom stereocenters. The number of benzene rings is 3. The fraction of sp³-hybridized carbons (Fsp3) is 0.375. The van der Waals surface area contributed by atoms with Gasteiger partial charge in [-0.05, 0) is 44.1 Å². The Balaban J connectivity index is 0.000000193. The largest absolute Gasteiger partial charge is 0.348 e. The number of fused-ring (bicyclic) bond motifs is 1. The number of hydrogen-bond donors (Lipinski definition) is 0. The Bertz CT molecular complexity index is 1120. The molecule has 0 radical (unpaired) electrons. The molecule has 2 heterocycles. The van der Waals surface area contributed by atoms with Gasteiger partial charge in [0, 0.05) is 31.3 Å². The molecule has 0 spiro atoms. The molecule has 5 rings (SSSR count). The first-order valence-corrected chi connectivity index (χ1v) is 14.3. The smallest absolute Gasteiger partial charge is 0.160 e. The van der Waals surface area contributed by atoms with E-state index in [1.807, 2.05) is 55.1 Å². The number of carbonyl (C=O) groups is 1. The van der Waals surface area contributed by atoms with Crippen molar-refractivity contribution in [1.82, 2.24) is 9.80 Å². The van der Waals surface area contributed by atoms with Gasteiger partial charge in [-0.2, -0.15) is 0 Å². The second-order valence-electron chi connectivity index (χ2n) is 10.1. The molecule has 3 aromatic carbocycles. The van der Waals surface area contributed by atoms with Crippen molar-refractivity contribution in [2.75, 3.05) is 32.9 Å². The molecular formula is C32H39N3OS. The Morgan fingerprint density at radius 3 is 2.00 bits per heavy atom. The monoisotopic (exact) mass is 513 g/mol. The van der Waals surface area contributed by atoms with E-state index in [1.54, 1.807) is 0 Å². The van der Waals surface area contributed by atoms with Gasteiger partial charge in [0.15, 0.2) is 5.17 Å². The Morgan fingerprint density at radius 2 is 1.51 bits per heavy atom. The van der Waals surface area contributed by atoms with Crippen molar-refractivity contribution >= 4 is 22.7 Å². The molecule has 194 valence electrons. The summed E-state index contributed by atoms with van der Waals surface area (Å²) in [6.45, 7) is 6.39. The van der Waals surface area contributed by atoms with Crippen LogP contribution in [0.4, 0.5) is 0 Å². The summed E-state index contributed by atoms with van der Waals surface area (Å²) in [5.74, 6) is 1.49. The number of ketones is 1.